The van der Waals surface area contributed by atoms with Gasteiger partial charge in [-0.3, -0.25) is 0 Å². The van der Waals surface area contributed by atoms with E-state index in [1.165, 1.54) is 14.2 Å². The Morgan fingerprint density at radius 2 is 1.92 bits per heavy atom. The molecule has 0 aliphatic heterocycles. The molecule has 25 heavy (non-hydrogen) atoms. The molecule has 1 aromatic carbocycles. The first kappa shape index (κ1) is 16.5. The van der Waals surface area contributed by atoms with Gasteiger partial charge in [0.05, 0.1) is 32.7 Å². The molecule has 0 fully saturated rings. The number of carbonyl (C=O) groups is 1. The van der Waals surface area contributed by atoms with Crippen molar-refractivity contribution >= 4 is 11.7 Å². The molecule has 3 rings (SSSR count). The first-order valence-electron chi connectivity index (χ1n) is 7.59. The molecule has 0 atom stereocenters. The summed E-state index contributed by atoms with van der Waals surface area (Å²) >= 11 is 0. The normalized spacial score (nSPS) is 10.3. The first-order chi connectivity index (χ1) is 12.2. The molecule has 0 spiro atoms. The molecule has 0 unspecified atom stereocenters. The Morgan fingerprint density at radius 1 is 1.04 bits per heavy atom. The molecular weight excluding hydrogens is 324 g/mol. The number of ether oxygens (including phenoxy) is 2. The molecule has 7 nitrogen and oxygen atoms in total. The van der Waals surface area contributed by atoms with Crippen LogP contribution in [0.5, 0.6) is 11.5 Å². The fourth-order valence-corrected chi connectivity index (χ4v) is 2.34. The van der Waals surface area contributed by atoms with E-state index >= 15 is 0 Å². The largest absolute Gasteiger partial charge is 0.493 e. The SMILES string of the molecule is COc1cccc(NC(=O)NCc2ccc(-c3ccco3)o2)c1OC. The molecule has 2 heterocycles. The Kier molecular flexibility index (Phi) is 4.94. The summed E-state index contributed by atoms with van der Waals surface area (Å²) in [6.45, 7) is 0.235. The Hall–Kier alpha value is -3.35. The number of amides is 2. The van der Waals surface area contributed by atoms with Crippen molar-refractivity contribution in [2.75, 3.05) is 19.5 Å². The molecule has 0 saturated carbocycles. The van der Waals surface area contributed by atoms with E-state index in [0.717, 1.165) is 0 Å². The van der Waals surface area contributed by atoms with Crippen LogP contribution >= 0.6 is 0 Å². The predicted molar refractivity (Wildman–Crippen MR) is 91.8 cm³/mol. The first-order valence-corrected chi connectivity index (χ1v) is 7.59. The lowest BCUT2D eigenvalue weighted by atomic mass is 10.2. The molecule has 130 valence electrons. The van der Waals surface area contributed by atoms with Gasteiger partial charge in [-0.15, -0.1) is 0 Å². The summed E-state index contributed by atoms with van der Waals surface area (Å²) in [5.74, 6) is 2.85. The van der Waals surface area contributed by atoms with Crippen molar-refractivity contribution < 1.29 is 23.1 Å². The second-order valence-corrected chi connectivity index (χ2v) is 5.09. The van der Waals surface area contributed by atoms with Crippen molar-refractivity contribution in [2.24, 2.45) is 0 Å². The van der Waals surface area contributed by atoms with Gasteiger partial charge in [-0.2, -0.15) is 0 Å². The van der Waals surface area contributed by atoms with E-state index in [1.54, 1.807) is 48.7 Å². The maximum absolute atomic E-state index is 12.1. The summed E-state index contributed by atoms with van der Waals surface area (Å²) in [4.78, 5) is 12.1. The van der Waals surface area contributed by atoms with Gasteiger partial charge in [-0.1, -0.05) is 6.07 Å². The van der Waals surface area contributed by atoms with Crippen molar-refractivity contribution in [3.63, 3.8) is 0 Å². The molecule has 0 bridgehead atoms. The zero-order valence-corrected chi connectivity index (χ0v) is 13.9. The highest BCUT2D eigenvalue weighted by Gasteiger charge is 2.13. The zero-order valence-electron chi connectivity index (χ0n) is 13.9. The average Bonchev–Trinajstić information content (AvgIpc) is 3.31. The number of para-hydroxylation sites is 1. The number of nitrogens with one attached hydrogen (secondary N) is 2. The van der Waals surface area contributed by atoms with Crippen LogP contribution in [0.2, 0.25) is 0 Å². The molecule has 0 aliphatic carbocycles. The number of rotatable bonds is 6. The summed E-state index contributed by atoms with van der Waals surface area (Å²) in [7, 11) is 3.05. The van der Waals surface area contributed by atoms with Gasteiger partial charge in [-0.25, -0.2) is 4.79 Å². The summed E-state index contributed by atoms with van der Waals surface area (Å²) in [5.41, 5.74) is 0.509. The maximum atomic E-state index is 12.1. The highest BCUT2D eigenvalue weighted by molar-refractivity contribution is 5.91. The Labute approximate surface area is 144 Å². The van der Waals surface area contributed by atoms with Crippen LogP contribution in [0.15, 0.2) is 57.6 Å². The third-order valence-corrected chi connectivity index (χ3v) is 3.50. The van der Waals surface area contributed by atoms with Gasteiger partial charge in [-0.05, 0) is 36.4 Å². The van der Waals surface area contributed by atoms with Crippen LogP contribution in [0.25, 0.3) is 11.5 Å². The molecular formula is C18H18N2O5. The summed E-state index contributed by atoms with van der Waals surface area (Å²) in [5, 5.41) is 5.45. The minimum atomic E-state index is -0.387. The van der Waals surface area contributed by atoms with Gasteiger partial charge >= 0.3 is 6.03 Å². The smallest absolute Gasteiger partial charge is 0.319 e. The van der Waals surface area contributed by atoms with Gasteiger partial charge in [0.25, 0.3) is 0 Å². The zero-order chi connectivity index (χ0) is 17.6. The van der Waals surface area contributed by atoms with E-state index in [0.29, 0.717) is 34.5 Å². The fourth-order valence-electron chi connectivity index (χ4n) is 2.34. The molecule has 0 saturated heterocycles. The second kappa shape index (κ2) is 7.48. The maximum Gasteiger partial charge on any atom is 0.319 e. The number of hydrogen-bond donors (Lipinski definition) is 2. The summed E-state index contributed by atoms with van der Waals surface area (Å²) in [6.07, 6.45) is 1.57. The van der Waals surface area contributed by atoms with Crippen LogP contribution in [0.3, 0.4) is 0 Å². The van der Waals surface area contributed by atoms with E-state index in [9.17, 15) is 4.79 Å². The molecule has 3 aromatic rings. The lowest BCUT2D eigenvalue weighted by Crippen LogP contribution is -2.28. The Morgan fingerprint density at radius 3 is 2.64 bits per heavy atom. The van der Waals surface area contributed by atoms with Gasteiger partial charge in [0.1, 0.15) is 5.76 Å². The van der Waals surface area contributed by atoms with Crippen LogP contribution < -0.4 is 20.1 Å². The molecule has 2 amide bonds. The van der Waals surface area contributed by atoms with Gasteiger partial charge in [0.15, 0.2) is 23.0 Å². The third-order valence-electron chi connectivity index (χ3n) is 3.50. The number of hydrogen-bond acceptors (Lipinski definition) is 5. The van der Waals surface area contributed by atoms with Crippen molar-refractivity contribution in [1.82, 2.24) is 5.32 Å². The molecule has 7 heteroatoms. The van der Waals surface area contributed by atoms with Gasteiger partial charge < -0.3 is 28.9 Å². The minimum absolute atomic E-state index is 0.235. The standard InChI is InChI=1S/C18H18N2O5/c1-22-16-6-3-5-13(17(16)23-2)20-18(21)19-11-12-8-9-15(25-12)14-7-4-10-24-14/h3-10H,11H2,1-2H3,(H2,19,20,21). The highest BCUT2D eigenvalue weighted by atomic mass is 16.5. The summed E-state index contributed by atoms with van der Waals surface area (Å²) < 4.78 is 21.4. The average molecular weight is 342 g/mol. The number of methoxy groups -OCH3 is 2. The summed E-state index contributed by atoms with van der Waals surface area (Å²) in [6, 6.07) is 12.0. The minimum Gasteiger partial charge on any atom is -0.493 e. The number of urea groups is 1. The van der Waals surface area contributed by atoms with Crippen LogP contribution in [0.1, 0.15) is 5.76 Å². The second-order valence-electron chi connectivity index (χ2n) is 5.09. The predicted octanol–water partition coefficient (Wildman–Crippen LogP) is 3.88. The van der Waals surface area contributed by atoms with Crippen molar-refractivity contribution in [3.8, 4) is 23.0 Å². The fraction of sp³-hybridized carbons (Fsp3) is 0.167. The molecule has 2 aromatic heterocycles. The Balaban J connectivity index is 1.60. The van der Waals surface area contributed by atoms with E-state index in [2.05, 4.69) is 10.6 Å². The van der Waals surface area contributed by atoms with Crippen LogP contribution in [-0.4, -0.2) is 20.3 Å². The molecule has 0 aliphatic rings. The van der Waals surface area contributed by atoms with Gasteiger partial charge in [0, 0.05) is 0 Å². The monoisotopic (exact) mass is 342 g/mol. The van der Waals surface area contributed by atoms with Crippen LogP contribution in [0.4, 0.5) is 10.5 Å². The molecule has 0 radical (unpaired) electrons. The lowest BCUT2D eigenvalue weighted by Gasteiger charge is -2.13. The van der Waals surface area contributed by atoms with Gasteiger partial charge in [0.2, 0.25) is 0 Å². The van der Waals surface area contributed by atoms with Crippen molar-refractivity contribution in [3.05, 3.63) is 54.5 Å². The lowest BCUT2D eigenvalue weighted by molar-refractivity contribution is 0.250. The van der Waals surface area contributed by atoms with Crippen LogP contribution in [-0.2, 0) is 6.54 Å². The van der Waals surface area contributed by atoms with Crippen molar-refractivity contribution in [2.45, 2.75) is 6.54 Å². The number of benzene rings is 1. The quantitative estimate of drug-likeness (QED) is 0.710. The van der Waals surface area contributed by atoms with Crippen molar-refractivity contribution in [1.29, 1.82) is 0 Å². The van der Waals surface area contributed by atoms with E-state index in [1.807, 2.05) is 0 Å². The van der Waals surface area contributed by atoms with E-state index in [-0.39, 0.29) is 12.6 Å². The number of anilines is 1. The number of furan rings is 2. The number of carbonyl (C=O) groups excluding carboxylic acids is 1. The Bertz CT molecular complexity index is 839. The molecule has 2 N–H and O–H groups in total. The third kappa shape index (κ3) is 3.77. The van der Waals surface area contributed by atoms with Crippen LogP contribution in [0, 0.1) is 0 Å². The van der Waals surface area contributed by atoms with E-state index < -0.39 is 0 Å². The topological polar surface area (TPSA) is 85.9 Å². The van der Waals surface area contributed by atoms with E-state index in [4.69, 9.17) is 18.3 Å². The highest BCUT2D eigenvalue weighted by Crippen LogP contribution is 2.34.